The van der Waals surface area contributed by atoms with Crippen molar-refractivity contribution in [1.29, 1.82) is 0 Å². The summed E-state index contributed by atoms with van der Waals surface area (Å²) in [5, 5.41) is 0. The number of methoxy groups -OCH3 is 1. The summed E-state index contributed by atoms with van der Waals surface area (Å²) in [6.45, 7) is 7.36. The van der Waals surface area contributed by atoms with Gasteiger partial charge in [-0.15, -0.1) is 0 Å². The first-order chi connectivity index (χ1) is 6.74. The van der Waals surface area contributed by atoms with Crippen molar-refractivity contribution in [3.8, 4) is 0 Å². The van der Waals surface area contributed by atoms with Crippen molar-refractivity contribution >= 4 is 0 Å². The highest BCUT2D eigenvalue weighted by atomic mass is 16.5. The minimum Gasteiger partial charge on any atom is -0.384 e. The van der Waals surface area contributed by atoms with Crippen LogP contribution in [0.25, 0.3) is 0 Å². The maximum absolute atomic E-state index is 5.53. The van der Waals surface area contributed by atoms with Gasteiger partial charge in [0.05, 0.1) is 19.3 Å². The van der Waals surface area contributed by atoms with Crippen molar-refractivity contribution in [3.63, 3.8) is 0 Å². The van der Waals surface area contributed by atoms with Gasteiger partial charge in [-0.05, 0) is 19.8 Å². The van der Waals surface area contributed by atoms with Crippen molar-refractivity contribution in [2.75, 3.05) is 40.0 Å². The average molecular weight is 199 g/mol. The van der Waals surface area contributed by atoms with Crippen LogP contribution in [0.15, 0.2) is 0 Å². The first kappa shape index (κ1) is 10.4. The minimum absolute atomic E-state index is 0.405. The summed E-state index contributed by atoms with van der Waals surface area (Å²) >= 11 is 0. The van der Waals surface area contributed by atoms with Crippen LogP contribution in [-0.2, 0) is 9.47 Å². The number of hydrogen-bond acceptors (Lipinski definition) is 3. The third-order valence-corrected chi connectivity index (χ3v) is 3.29. The van der Waals surface area contributed by atoms with E-state index >= 15 is 0 Å². The molecule has 0 N–H and O–H groups in total. The Morgan fingerprint density at radius 2 is 2.29 bits per heavy atom. The highest BCUT2D eigenvalue weighted by molar-refractivity contribution is 4.96. The first-order valence-corrected chi connectivity index (χ1v) is 5.57. The molecule has 82 valence electrons. The van der Waals surface area contributed by atoms with Crippen molar-refractivity contribution in [2.45, 2.75) is 25.9 Å². The summed E-state index contributed by atoms with van der Waals surface area (Å²) in [4.78, 5) is 2.53. The van der Waals surface area contributed by atoms with Crippen molar-refractivity contribution in [2.24, 2.45) is 5.41 Å². The third kappa shape index (κ3) is 2.47. The smallest absolute Gasteiger partial charge is 0.0674 e. The summed E-state index contributed by atoms with van der Waals surface area (Å²) in [6, 6.07) is 0. The SMILES string of the molecule is COCC1(CN2CCO[C@H](C)C2)CC1. The number of nitrogens with zero attached hydrogens (tertiary/aromatic N) is 1. The van der Waals surface area contributed by atoms with E-state index in [1.54, 1.807) is 0 Å². The fourth-order valence-electron chi connectivity index (χ4n) is 2.34. The lowest BCUT2D eigenvalue weighted by molar-refractivity contribution is -0.0293. The van der Waals surface area contributed by atoms with Crippen molar-refractivity contribution in [1.82, 2.24) is 4.90 Å². The van der Waals surface area contributed by atoms with E-state index in [-0.39, 0.29) is 0 Å². The molecule has 0 aromatic heterocycles. The van der Waals surface area contributed by atoms with Gasteiger partial charge in [0, 0.05) is 32.2 Å². The van der Waals surface area contributed by atoms with Crippen LogP contribution in [0.5, 0.6) is 0 Å². The van der Waals surface area contributed by atoms with E-state index in [4.69, 9.17) is 9.47 Å². The van der Waals surface area contributed by atoms with Gasteiger partial charge in [0.2, 0.25) is 0 Å². The van der Waals surface area contributed by atoms with Gasteiger partial charge >= 0.3 is 0 Å². The van der Waals surface area contributed by atoms with Gasteiger partial charge in [-0.3, -0.25) is 4.90 Å². The standard InChI is InChI=1S/C11H21NO2/c1-10-7-12(5-6-14-10)8-11(3-4-11)9-13-2/h10H,3-9H2,1-2H3/t10-/m1/s1. The van der Waals surface area contributed by atoms with E-state index in [0.717, 1.165) is 26.3 Å². The summed E-state index contributed by atoms with van der Waals surface area (Å²) in [5.41, 5.74) is 0.492. The molecule has 0 amide bonds. The molecule has 1 heterocycles. The second kappa shape index (κ2) is 4.17. The summed E-state index contributed by atoms with van der Waals surface area (Å²) < 4.78 is 10.8. The van der Waals surface area contributed by atoms with Crippen LogP contribution in [0.1, 0.15) is 19.8 Å². The molecule has 0 spiro atoms. The lowest BCUT2D eigenvalue weighted by atomic mass is 10.1. The normalized spacial score (nSPS) is 31.7. The zero-order valence-corrected chi connectivity index (χ0v) is 9.29. The Hall–Kier alpha value is -0.120. The zero-order chi connectivity index (χ0) is 10.0. The number of hydrogen-bond donors (Lipinski definition) is 0. The van der Waals surface area contributed by atoms with Crippen LogP contribution in [0.4, 0.5) is 0 Å². The molecule has 3 nitrogen and oxygen atoms in total. The second-order valence-corrected chi connectivity index (χ2v) is 4.85. The predicted octanol–water partition coefficient (Wildman–Crippen LogP) is 1.13. The Morgan fingerprint density at radius 3 is 2.86 bits per heavy atom. The molecule has 0 aromatic carbocycles. The monoisotopic (exact) mass is 199 g/mol. The van der Waals surface area contributed by atoms with Crippen molar-refractivity contribution in [3.05, 3.63) is 0 Å². The molecule has 2 aliphatic rings. The second-order valence-electron chi connectivity index (χ2n) is 4.85. The number of morpholine rings is 1. The molecule has 0 bridgehead atoms. The van der Waals surface area contributed by atoms with Crippen LogP contribution in [-0.4, -0.2) is 51.0 Å². The Kier molecular flexibility index (Phi) is 3.10. The molecule has 0 aromatic rings. The molecule has 14 heavy (non-hydrogen) atoms. The highest BCUT2D eigenvalue weighted by Crippen LogP contribution is 2.46. The molecular weight excluding hydrogens is 178 g/mol. The Balaban J connectivity index is 1.79. The summed E-state index contributed by atoms with van der Waals surface area (Å²) in [5.74, 6) is 0. The van der Waals surface area contributed by atoms with Crippen LogP contribution in [0.3, 0.4) is 0 Å². The van der Waals surface area contributed by atoms with Crippen molar-refractivity contribution < 1.29 is 9.47 Å². The Labute approximate surface area is 86.4 Å². The molecule has 1 aliphatic heterocycles. The van der Waals surface area contributed by atoms with Crippen LogP contribution >= 0.6 is 0 Å². The molecular formula is C11H21NO2. The van der Waals surface area contributed by atoms with E-state index in [2.05, 4.69) is 11.8 Å². The van der Waals surface area contributed by atoms with E-state index in [0.29, 0.717) is 11.5 Å². The van der Waals surface area contributed by atoms with Gasteiger partial charge in [-0.25, -0.2) is 0 Å². The Morgan fingerprint density at radius 1 is 1.50 bits per heavy atom. The topological polar surface area (TPSA) is 21.7 Å². The van der Waals surface area contributed by atoms with Gasteiger partial charge in [0.15, 0.2) is 0 Å². The van der Waals surface area contributed by atoms with Crippen LogP contribution in [0, 0.1) is 5.41 Å². The predicted molar refractivity (Wildman–Crippen MR) is 55.4 cm³/mol. The van der Waals surface area contributed by atoms with Gasteiger partial charge < -0.3 is 9.47 Å². The number of rotatable bonds is 4. The molecule has 1 atom stereocenters. The van der Waals surface area contributed by atoms with Gasteiger partial charge in [-0.1, -0.05) is 0 Å². The molecule has 2 rings (SSSR count). The molecule has 2 fully saturated rings. The van der Waals surface area contributed by atoms with Crippen LogP contribution < -0.4 is 0 Å². The molecule has 0 unspecified atom stereocenters. The largest absolute Gasteiger partial charge is 0.384 e. The zero-order valence-electron chi connectivity index (χ0n) is 9.29. The van der Waals surface area contributed by atoms with Gasteiger partial charge in [-0.2, -0.15) is 0 Å². The lowest BCUT2D eigenvalue weighted by Crippen LogP contribution is -2.44. The van der Waals surface area contributed by atoms with E-state index in [1.807, 2.05) is 7.11 Å². The third-order valence-electron chi connectivity index (χ3n) is 3.29. The molecule has 1 saturated heterocycles. The van der Waals surface area contributed by atoms with Gasteiger partial charge in [0.1, 0.15) is 0 Å². The quantitative estimate of drug-likeness (QED) is 0.677. The summed E-state index contributed by atoms with van der Waals surface area (Å²) in [7, 11) is 1.81. The number of ether oxygens (including phenoxy) is 2. The lowest BCUT2D eigenvalue weighted by Gasteiger charge is -2.33. The average Bonchev–Trinajstić information content (AvgIpc) is 2.85. The Bertz CT molecular complexity index is 192. The van der Waals surface area contributed by atoms with Crippen LogP contribution in [0.2, 0.25) is 0 Å². The first-order valence-electron chi connectivity index (χ1n) is 5.57. The van der Waals surface area contributed by atoms with E-state index in [9.17, 15) is 0 Å². The van der Waals surface area contributed by atoms with E-state index < -0.39 is 0 Å². The molecule has 0 radical (unpaired) electrons. The fourth-order valence-corrected chi connectivity index (χ4v) is 2.34. The molecule has 1 saturated carbocycles. The highest BCUT2D eigenvalue weighted by Gasteiger charge is 2.44. The maximum atomic E-state index is 5.53. The molecule has 1 aliphatic carbocycles. The summed E-state index contributed by atoms with van der Waals surface area (Å²) in [6.07, 6.45) is 3.08. The molecule has 3 heteroatoms. The van der Waals surface area contributed by atoms with Gasteiger partial charge in [0.25, 0.3) is 0 Å². The minimum atomic E-state index is 0.405. The van der Waals surface area contributed by atoms with E-state index in [1.165, 1.54) is 19.4 Å². The maximum Gasteiger partial charge on any atom is 0.0674 e. The fraction of sp³-hybridized carbons (Fsp3) is 1.00.